The van der Waals surface area contributed by atoms with Gasteiger partial charge >= 0.3 is 5.97 Å². The van der Waals surface area contributed by atoms with E-state index in [1.165, 1.54) is 17.6 Å². The molecule has 0 bridgehead atoms. The van der Waals surface area contributed by atoms with Crippen molar-refractivity contribution in [1.29, 1.82) is 0 Å². The summed E-state index contributed by atoms with van der Waals surface area (Å²) in [6.45, 7) is 5.89. The summed E-state index contributed by atoms with van der Waals surface area (Å²) in [5, 5.41) is 10.8. The van der Waals surface area contributed by atoms with E-state index < -0.39 is 5.97 Å². The predicted octanol–water partition coefficient (Wildman–Crippen LogP) is 3.42. The number of hydrogen-bond acceptors (Lipinski definition) is 6. The van der Waals surface area contributed by atoms with Crippen molar-refractivity contribution in [3.05, 3.63) is 64.0 Å². The molecule has 1 saturated heterocycles. The standard InChI is InChI=1S/C25H27NO6/c1-3-30-25(29)17-7-9-18(10-8-17)32-22-15-31-24-19(23(22)28)11-12-21(27)20(24)14-26-13-5-4-6-16(26)2/h7-12,15-16,27H,3-6,13-14H2,1-2H3/p+1/t16-/m1/s1. The van der Waals surface area contributed by atoms with E-state index in [1.807, 2.05) is 0 Å². The number of aromatic hydroxyl groups is 1. The molecule has 0 radical (unpaired) electrons. The number of esters is 1. The Morgan fingerprint density at radius 2 is 1.97 bits per heavy atom. The van der Waals surface area contributed by atoms with Crippen LogP contribution in [0.5, 0.6) is 17.2 Å². The molecule has 0 spiro atoms. The Balaban J connectivity index is 1.61. The first-order valence-corrected chi connectivity index (χ1v) is 11.0. The number of rotatable bonds is 6. The minimum Gasteiger partial charge on any atom is -0.507 e. The minimum atomic E-state index is -0.415. The zero-order valence-electron chi connectivity index (χ0n) is 18.3. The second-order valence-corrected chi connectivity index (χ2v) is 8.20. The summed E-state index contributed by atoms with van der Waals surface area (Å²) in [4.78, 5) is 26.2. The Morgan fingerprint density at radius 3 is 2.69 bits per heavy atom. The van der Waals surface area contributed by atoms with Crippen molar-refractivity contribution in [2.24, 2.45) is 0 Å². The van der Waals surface area contributed by atoms with E-state index in [0.717, 1.165) is 19.4 Å². The van der Waals surface area contributed by atoms with Gasteiger partial charge in [-0.05, 0) is 69.5 Å². The molecular formula is C25H28NO6+. The molecule has 3 aromatic rings. The number of hydrogen-bond donors (Lipinski definition) is 2. The van der Waals surface area contributed by atoms with Crippen LogP contribution in [0.15, 0.2) is 51.9 Å². The molecule has 4 rings (SSSR count). The average Bonchev–Trinajstić information content (AvgIpc) is 2.79. The third-order valence-corrected chi connectivity index (χ3v) is 6.07. The smallest absolute Gasteiger partial charge is 0.338 e. The molecule has 1 aromatic heterocycles. The molecular weight excluding hydrogens is 410 g/mol. The second-order valence-electron chi connectivity index (χ2n) is 8.20. The number of nitrogens with one attached hydrogen (secondary N) is 1. The lowest BCUT2D eigenvalue weighted by Crippen LogP contribution is -3.14. The van der Waals surface area contributed by atoms with Crippen LogP contribution in [0.25, 0.3) is 11.0 Å². The maximum absolute atomic E-state index is 13.1. The third-order valence-electron chi connectivity index (χ3n) is 6.07. The first kappa shape index (κ1) is 21.9. The van der Waals surface area contributed by atoms with Crippen molar-refractivity contribution in [1.82, 2.24) is 0 Å². The van der Waals surface area contributed by atoms with Crippen molar-refractivity contribution in [2.45, 2.75) is 45.7 Å². The Labute approximate surface area is 186 Å². The van der Waals surface area contributed by atoms with Gasteiger partial charge in [-0.2, -0.15) is 0 Å². The van der Waals surface area contributed by atoms with Gasteiger partial charge in [0.15, 0.2) is 5.58 Å². The summed E-state index contributed by atoms with van der Waals surface area (Å²) in [6, 6.07) is 9.94. The monoisotopic (exact) mass is 438 g/mol. The van der Waals surface area contributed by atoms with Gasteiger partial charge in [-0.3, -0.25) is 4.79 Å². The molecule has 0 saturated carbocycles. The molecule has 0 aliphatic carbocycles. The molecule has 2 atom stereocenters. The van der Waals surface area contributed by atoms with E-state index in [9.17, 15) is 14.7 Å². The summed E-state index contributed by atoms with van der Waals surface area (Å²) < 4.78 is 16.5. The number of ether oxygens (including phenoxy) is 2. The number of phenolic OH excluding ortho intramolecular Hbond substituents is 1. The lowest BCUT2D eigenvalue weighted by atomic mass is 10.0. The first-order chi connectivity index (χ1) is 15.5. The molecule has 1 fully saturated rings. The lowest BCUT2D eigenvalue weighted by Gasteiger charge is -2.30. The van der Waals surface area contributed by atoms with E-state index in [-0.39, 0.29) is 16.9 Å². The normalized spacial score (nSPS) is 18.4. The van der Waals surface area contributed by atoms with Gasteiger partial charge in [-0.15, -0.1) is 0 Å². The molecule has 32 heavy (non-hydrogen) atoms. The Kier molecular flexibility index (Phi) is 6.46. The molecule has 168 valence electrons. The Morgan fingerprint density at radius 1 is 1.19 bits per heavy atom. The van der Waals surface area contributed by atoms with Crippen LogP contribution in [-0.4, -0.2) is 30.3 Å². The number of piperidine rings is 1. The SMILES string of the molecule is CCOC(=O)c1ccc(Oc2coc3c(C[NH+]4CCCC[C@H]4C)c(O)ccc3c2=O)cc1. The molecule has 2 aromatic carbocycles. The van der Waals surface area contributed by atoms with Crippen LogP contribution in [0.2, 0.25) is 0 Å². The summed E-state index contributed by atoms with van der Waals surface area (Å²) in [7, 11) is 0. The minimum absolute atomic E-state index is 0.0386. The maximum atomic E-state index is 13.1. The zero-order valence-corrected chi connectivity index (χ0v) is 18.3. The van der Waals surface area contributed by atoms with E-state index in [0.29, 0.717) is 47.0 Å². The van der Waals surface area contributed by atoms with E-state index in [1.54, 1.807) is 43.3 Å². The van der Waals surface area contributed by atoms with Crippen LogP contribution in [0.4, 0.5) is 0 Å². The number of likely N-dealkylation sites (tertiary alicyclic amines) is 1. The summed E-state index contributed by atoms with van der Waals surface area (Å²) in [5.41, 5.74) is 1.13. The molecule has 1 unspecified atom stereocenters. The van der Waals surface area contributed by atoms with Crippen LogP contribution < -0.4 is 15.1 Å². The summed E-state index contributed by atoms with van der Waals surface area (Å²) >= 11 is 0. The van der Waals surface area contributed by atoms with Crippen molar-refractivity contribution in [2.75, 3.05) is 13.2 Å². The van der Waals surface area contributed by atoms with Gasteiger partial charge in [0.1, 0.15) is 24.3 Å². The third kappa shape index (κ3) is 4.48. The number of quaternary nitrogens is 1. The summed E-state index contributed by atoms with van der Waals surface area (Å²) in [6.07, 6.45) is 4.81. The number of phenols is 1. The van der Waals surface area contributed by atoms with Crippen molar-refractivity contribution < 1.29 is 28.7 Å². The van der Waals surface area contributed by atoms with E-state index in [2.05, 4.69) is 6.92 Å². The number of carbonyl (C=O) groups is 1. The van der Waals surface area contributed by atoms with Gasteiger partial charge in [0.05, 0.1) is 35.7 Å². The highest BCUT2D eigenvalue weighted by Crippen LogP contribution is 2.28. The molecule has 2 N–H and O–H groups in total. The predicted molar refractivity (Wildman–Crippen MR) is 119 cm³/mol. The number of carbonyl (C=O) groups excluding carboxylic acids is 1. The van der Waals surface area contributed by atoms with Crippen LogP contribution in [0.3, 0.4) is 0 Å². The molecule has 1 aliphatic heterocycles. The highest BCUT2D eigenvalue weighted by Gasteiger charge is 2.25. The Hall–Kier alpha value is -3.32. The number of fused-ring (bicyclic) bond motifs is 1. The van der Waals surface area contributed by atoms with Gasteiger partial charge in [-0.25, -0.2) is 4.79 Å². The van der Waals surface area contributed by atoms with Gasteiger partial charge < -0.3 is 23.9 Å². The topological polar surface area (TPSA) is 90.4 Å². The van der Waals surface area contributed by atoms with E-state index in [4.69, 9.17) is 13.9 Å². The van der Waals surface area contributed by atoms with Gasteiger partial charge in [0, 0.05) is 0 Å². The van der Waals surface area contributed by atoms with Crippen LogP contribution >= 0.6 is 0 Å². The maximum Gasteiger partial charge on any atom is 0.338 e. The highest BCUT2D eigenvalue weighted by molar-refractivity contribution is 5.89. The van der Waals surface area contributed by atoms with E-state index >= 15 is 0 Å². The molecule has 7 heteroatoms. The fourth-order valence-corrected chi connectivity index (χ4v) is 4.21. The van der Waals surface area contributed by atoms with Crippen LogP contribution in [0.1, 0.15) is 49.0 Å². The Bertz CT molecular complexity index is 1170. The average molecular weight is 439 g/mol. The fourth-order valence-electron chi connectivity index (χ4n) is 4.21. The first-order valence-electron chi connectivity index (χ1n) is 11.0. The van der Waals surface area contributed by atoms with Crippen molar-refractivity contribution >= 4 is 16.9 Å². The largest absolute Gasteiger partial charge is 0.507 e. The second kappa shape index (κ2) is 9.44. The molecule has 7 nitrogen and oxygen atoms in total. The molecule has 1 aliphatic rings. The summed E-state index contributed by atoms with van der Waals surface area (Å²) in [5.74, 6) is 0.155. The molecule has 0 amide bonds. The number of benzene rings is 2. The van der Waals surface area contributed by atoms with Crippen LogP contribution in [0, 0.1) is 0 Å². The van der Waals surface area contributed by atoms with Crippen molar-refractivity contribution in [3.8, 4) is 17.2 Å². The van der Waals surface area contributed by atoms with Crippen molar-refractivity contribution in [3.63, 3.8) is 0 Å². The zero-order chi connectivity index (χ0) is 22.7. The van der Waals surface area contributed by atoms with Gasteiger partial charge in [0.2, 0.25) is 11.2 Å². The molecule has 2 heterocycles. The van der Waals surface area contributed by atoms with Gasteiger partial charge in [-0.1, -0.05) is 0 Å². The fraction of sp³-hybridized carbons (Fsp3) is 0.360. The van der Waals surface area contributed by atoms with Crippen LogP contribution in [-0.2, 0) is 11.3 Å². The lowest BCUT2D eigenvalue weighted by molar-refractivity contribution is -0.941. The van der Waals surface area contributed by atoms with Gasteiger partial charge in [0.25, 0.3) is 0 Å². The quantitative estimate of drug-likeness (QED) is 0.573. The highest BCUT2D eigenvalue weighted by atomic mass is 16.5.